The van der Waals surface area contributed by atoms with Crippen LogP contribution < -0.4 is 0 Å². The van der Waals surface area contributed by atoms with Gasteiger partial charge >= 0.3 is 0 Å². The maximum absolute atomic E-state index is 12.3. The number of benzene rings is 1. The van der Waals surface area contributed by atoms with E-state index >= 15 is 0 Å². The number of hydrogen-bond acceptors (Lipinski definition) is 1. The summed E-state index contributed by atoms with van der Waals surface area (Å²) in [7, 11) is 0. The lowest BCUT2D eigenvalue weighted by atomic mass is 10.2. The molecule has 0 amide bonds. The molecule has 1 rings (SSSR count). The minimum atomic E-state index is -1.53. The fourth-order valence-corrected chi connectivity index (χ4v) is 0.650. The summed E-state index contributed by atoms with van der Waals surface area (Å²) in [5.41, 5.74) is -0.110. The second-order valence-corrected chi connectivity index (χ2v) is 1.93. The highest BCUT2D eigenvalue weighted by Gasteiger charge is 2.09. The van der Waals surface area contributed by atoms with Crippen molar-refractivity contribution in [2.45, 2.75) is 0 Å². The lowest BCUT2D eigenvalue weighted by molar-refractivity contribution is 0.406. The largest absolute Gasteiger partial charge is 0.385 e. The van der Waals surface area contributed by atoms with Gasteiger partial charge in [-0.2, -0.15) is 0 Å². The van der Waals surface area contributed by atoms with Crippen LogP contribution in [0.1, 0.15) is 5.56 Å². The van der Waals surface area contributed by atoms with Crippen molar-refractivity contribution in [2.75, 3.05) is 0 Å². The van der Waals surface area contributed by atoms with E-state index in [4.69, 9.17) is 5.11 Å². The first kappa shape index (κ1) is 8.07. The summed E-state index contributed by atoms with van der Waals surface area (Å²) in [6, 6.07) is 1.39. The SMILES string of the molecule is O[CH]c1cc(F)c(F)c(F)c1. The number of rotatable bonds is 1. The Balaban J connectivity index is 3.21. The quantitative estimate of drug-likeness (QED) is 0.624. The molecule has 0 fully saturated rings. The third kappa shape index (κ3) is 1.51. The summed E-state index contributed by atoms with van der Waals surface area (Å²) in [6.07, 6.45) is 0. The van der Waals surface area contributed by atoms with Crippen LogP contribution in [-0.4, -0.2) is 5.11 Å². The number of halogens is 3. The van der Waals surface area contributed by atoms with E-state index in [2.05, 4.69) is 0 Å². The highest BCUT2D eigenvalue weighted by molar-refractivity contribution is 5.23. The van der Waals surface area contributed by atoms with E-state index in [1.54, 1.807) is 0 Å². The summed E-state index contributed by atoms with van der Waals surface area (Å²) >= 11 is 0. The molecule has 0 atom stereocenters. The van der Waals surface area contributed by atoms with Crippen molar-refractivity contribution in [2.24, 2.45) is 0 Å². The van der Waals surface area contributed by atoms with E-state index in [1.165, 1.54) is 0 Å². The van der Waals surface area contributed by atoms with Crippen LogP contribution in [0.15, 0.2) is 12.1 Å². The van der Waals surface area contributed by atoms with Crippen molar-refractivity contribution in [3.05, 3.63) is 41.8 Å². The van der Waals surface area contributed by atoms with Crippen LogP contribution in [-0.2, 0) is 0 Å². The van der Waals surface area contributed by atoms with Gasteiger partial charge < -0.3 is 5.11 Å². The zero-order chi connectivity index (χ0) is 8.43. The van der Waals surface area contributed by atoms with Gasteiger partial charge in [0.2, 0.25) is 0 Å². The van der Waals surface area contributed by atoms with Crippen molar-refractivity contribution in [3.8, 4) is 0 Å². The number of hydrogen-bond donors (Lipinski definition) is 1. The van der Waals surface area contributed by atoms with Crippen molar-refractivity contribution >= 4 is 0 Å². The highest BCUT2D eigenvalue weighted by atomic mass is 19.2. The van der Waals surface area contributed by atoms with Crippen LogP contribution in [0.25, 0.3) is 0 Å². The molecule has 59 valence electrons. The number of aliphatic hydroxyl groups excluding tert-OH is 1. The van der Waals surface area contributed by atoms with E-state index in [1.807, 2.05) is 0 Å². The molecule has 0 aromatic heterocycles. The summed E-state index contributed by atoms with van der Waals surface area (Å²) in [4.78, 5) is 0. The molecule has 1 aromatic carbocycles. The first-order chi connectivity index (χ1) is 5.15. The van der Waals surface area contributed by atoms with Gasteiger partial charge in [-0.15, -0.1) is 0 Å². The van der Waals surface area contributed by atoms with Gasteiger partial charge in [-0.25, -0.2) is 13.2 Å². The van der Waals surface area contributed by atoms with Gasteiger partial charge in [-0.1, -0.05) is 0 Å². The van der Waals surface area contributed by atoms with Gasteiger partial charge in [0, 0.05) is 0 Å². The standard InChI is InChI=1S/C7H4F3O/c8-5-1-4(3-11)2-6(9)7(5)10/h1-3,11H. The van der Waals surface area contributed by atoms with Gasteiger partial charge in [0.05, 0.1) is 0 Å². The first-order valence-electron chi connectivity index (χ1n) is 2.77. The van der Waals surface area contributed by atoms with Crippen LogP contribution in [0.5, 0.6) is 0 Å². The molecular formula is C7H4F3O. The predicted molar refractivity (Wildman–Crippen MR) is 31.7 cm³/mol. The van der Waals surface area contributed by atoms with Crippen molar-refractivity contribution in [3.63, 3.8) is 0 Å². The van der Waals surface area contributed by atoms with Crippen molar-refractivity contribution in [1.29, 1.82) is 0 Å². The Kier molecular flexibility index (Phi) is 2.14. The number of aliphatic hydroxyl groups is 1. The van der Waals surface area contributed by atoms with Crippen molar-refractivity contribution in [1.82, 2.24) is 0 Å². The molecule has 0 spiro atoms. The third-order valence-corrected chi connectivity index (χ3v) is 1.16. The summed E-state index contributed by atoms with van der Waals surface area (Å²) in [6.45, 7) is 0.492. The Bertz CT molecular complexity index is 249. The molecule has 0 bridgehead atoms. The lowest BCUT2D eigenvalue weighted by Gasteiger charge is -1.97. The maximum atomic E-state index is 12.3. The predicted octanol–water partition coefficient (Wildman–Crippen LogP) is 1.99. The lowest BCUT2D eigenvalue weighted by Crippen LogP contribution is -1.92. The third-order valence-electron chi connectivity index (χ3n) is 1.16. The van der Waals surface area contributed by atoms with Gasteiger partial charge in [-0.05, 0) is 17.7 Å². The molecule has 0 aliphatic heterocycles. The van der Waals surface area contributed by atoms with E-state index in [0.29, 0.717) is 18.7 Å². The summed E-state index contributed by atoms with van der Waals surface area (Å²) < 4.78 is 36.8. The molecule has 4 heteroatoms. The van der Waals surface area contributed by atoms with Crippen molar-refractivity contribution < 1.29 is 18.3 Å². The van der Waals surface area contributed by atoms with Crippen LogP contribution in [0.3, 0.4) is 0 Å². The zero-order valence-electron chi connectivity index (χ0n) is 5.31. The molecule has 1 N–H and O–H groups in total. The molecular weight excluding hydrogens is 157 g/mol. The van der Waals surface area contributed by atoms with Gasteiger partial charge in [0.1, 0.15) is 6.61 Å². The second kappa shape index (κ2) is 2.92. The normalized spacial score (nSPS) is 10.2. The van der Waals surface area contributed by atoms with Crippen LogP contribution in [0.4, 0.5) is 13.2 Å². The van der Waals surface area contributed by atoms with Gasteiger partial charge in [-0.3, -0.25) is 0 Å². The Morgan fingerprint density at radius 2 is 1.55 bits per heavy atom. The smallest absolute Gasteiger partial charge is 0.194 e. The van der Waals surface area contributed by atoms with Crippen LogP contribution in [0.2, 0.25) is 0 Å². The molecule has 0 aliphatic carbocycles. The Morgan fingerprint density at radius 1 is 1.09 bits per heavy atom. The van der Waals surface area contributed by atoms with E-state index in [-0.39, 0.29) is 5.56 Å². The molecule has 0 saturated carbocycles. The Labute approximate surface area is 61.1 Å². The highest BCUT2D eigenvalue weighted by Crippen LogP contribution is 2.13. The second-order valence-electron chi connectivity index (χ2n) is 1.93. The van der Waals surface area contributed by atoms with Gasteiger partial charge in [0.25, 0.3) is 0 Å². The minimum absolute atomic E-state index is 0.110. The average molecular weight is 161 g/mol. The Hall–Kier alpha value is -1.03. The molecule has 0 unspecified atom stereocenters. The molecule has 1 nitrogen and oxygen atoms in total. The first-order valence-corrected chi connectivity index (χ1v) is 2.77. The van der Waals surface area contributed by atoms with E-state index < -0.39 is 17.5 Å². The molecule has 1 radical (unpaired) electrons. The van der Waals surface area contributed by atoms with Gasteiger partial charge in [0.15, 0.2) is 17.5 Å². The van der Waals surface area contributed by atoms with Crippen LogP contribution >= 0.6 is 0 Å². The summed E-state index contributed by atoms with van der Waals surface area (Å²) in [5, 5.41) is 8.30. The topological polar surface area (TPSA) is 20.2 Å². The molecule has 0 saturated heterocycles. The Morgan fingerprint density at radius 3 is 1.91 bits per heavy atom. The molecule has 11 heavy (non-hydrogen) atoms. The molecule has 0 heterocycles. The minimum Gasteiger partial charge on any atom is -0.385 e. The average Bonchev–Trinajstić information content (AvgIpc) is 1.99. The molecule has 1 aromatic rings. The fourth-order valence-electron chi connectivity index (χ4n) is 0.650. The maximum Gasteiger partial charge on any atom is 0.194 e. The fraction of sp³-hybridized carbons (Fsp3) is 0. The zero-order valence-corrected chi connectivity index (χ0v) is 5.31. The van der Waals surface area contributed by atoms with E-state index in [9.17, 15) is 13.2 Å². The molecule has 0 aliphatic rings. The monoisotopic (exact) mass is 161 g/mol. The summed E-state index contributed by atoms with van der Waals surface area (Å²) in [5.74, 6) is -4.16. The van der Waals surface area contributed by atoms with Crippen LogP contribution in [0, 0.1) is 24.1 Å². The van der Waals surface area contributed by atoms with E-state index in [0.717, 1.165) is 0 Å².